The number of benzene rings is 1. The molecule has 0 aliphatic rings. The van der Waals surface area contributed by atoms with Crippen molar-refractivity contribution in [1.29, 1.82) is 5.26 Å². The number of nitrogens with one attached hydrogen (secondary N) is 1. The van der Waals surface area contributed by atoms with Crippen LogP contribution in [0.5, 0.6) is 0 Å². The summed E-state index contributed by atoms with van der Waals surface area (Å²) in [7, 11) is 0. The molecule has 1 aromatic carbocycles. The van der Waals surface area contributed by atoms with E-state index in [-0.39, 0.29) is 17.4 Å². The average Bonchev–Trinajstić information content (AvgIpc) is 2.24. The molecule has 1 atom stereocenters. The summed E-state index contributed by atoms with van der Waals surface area (Å²) >= 11 is 5.56. The molecule has 1 amide bonds. The van der Waals surface area contributed by atoms with E-state index < -0.39 is 11.7 Å². The molecule has 0 spiro atoms. The van der Waals surface area contributed by atoms with Crippen molar-refractivity contribution >= 4 is 23.2 Å². The maximum Gasteiger partial charge on any atom is 0.228 e. The molecule has 5 heteroatoms. The molecule has 0 aliphatic heterocycles. The van der Waals surface area contributed by atoms with Gasteiger partial charge < -0.3 is 5.32 Å². The van der Waals surface area contributed by atoms with Crippen molar-refractivity contribution in [1.82, 2.24) is 0 Å². The lowest BCUT2D eigenvalue weighted by molar-refractivity contribution is -0.119. The number of hydrogen-bond donors (Lipinski definition) is 1. The minimum absolute atomic E-state index is 0.0502. The fourth-order valence-corrected chi connectivity index (χ4v) is 1.25. The summed E-state index contributed by atoms with van der Waals surface area (Å²) in [5.41, 5.74) is 0.418. The largest absolute Gasteiger partial charge is 0.326 e. The summed E-state index contributed by atoms with van der Waals surface area (Å²) < 4.78 is 12.8. The molecule has 0 heterocycles. The summed E-state index contributed by atoms with van der Waals surface area (Å²) in [4.78, 5) is 11.5. The number of hydrogen-bond acceptors (Lipinski definition) is 2. The van der Waals surface area contributed by atoms with Gasteiger partial charge in [0.2, 0.25) is 5.91 Å². The number of rotatable bonds is 3. The smallest absolute Gasteiger partial charge is 0.228 e. The Morgan fingerprint density at radius 2 is 2.38 bits per heavy atom. The van der Waals surface area contributed by atoms with Crippen LogP contribution < -0.4 is 5.32 Å². The number of nitrogens with zero attached hydrogens (tertiary/aromatic N) is 1. The first-order valence-electron chi connectivity index (χ1n) is 4.67. The monoisotopic (exact) mass is 240 g/mol. The predicted molar refractivity (Wildman–Crippen MR) is 59.4 cm³/mol. The van der Waals surface area contributed by atoms with Gasteiger partial charge in [0, 0.05) is 18.0 Å². The van der Waals surface area contributed by atoms with E-state index in [4.69, 9.17) is 16.9 Å². The molecule has 84 valence electrons. The van der Waals surface area contributed by atoms with Gasteiger partial charge in [0.1, 0.15) is 5.82 Å². The van der Waals surface area contributed by atoms with Crippen molar-refractivity contribution < 1.29 is 9.18 Å². The Balaban J connectivity index is 2.70. The predicted octanol–water partition coefficient (Wildman–Crippen LogP) is 2.97. The topological polar surface area (TPSA) is 52.9 Å². The molecular weight excluding hydrogens is 231 g/mol. The summed E-state index contributed by atoms with van der Waals surface area (Å²) in [5.74, 6) is -1.23. The van der Waals surface area contributed by atoms with Crippen molar-refractivity contribution in [3.05, 3.63) is 29.0 Å². The molecule has 0 saturated carbocycles. The highest BCUT2D eigenvalue weighted by atomic mass is 35.5. The van der Waals surface area contributed by atoms with E-state index >= 15 is 0 Å². The van der Waals surface area contributed by atoms with Gasteiger partial charge in [0.05, 0.1) is 11.1 Å². The number of halogens is 2. The highest BCUT2D eigenvalue weighted by Gasteiger charge is 2.12. The molecule has 1 aromatic rings. The summed E-state index contributed by atoms with van der Waals surface area (Å²) in [6.07, 6.45) is 0.140. The first-order chi connectivity index (χ1) is 7.54. The fourth-order valence-electron chi connectivity index (χ4n) is 1.07. The third-order valence-corrected chi connectivity index (χ3v) is 2.32. The van der Waals surface area contributed by atoms with E-state index in [1.54, 1.807) is 6.92 Å². The molecule has 3 nitrogen and oxygen atoms in total. The standard InChI is InChI=1S/C11H10ClFN2O/c1-7(4-5-14)11(16)15-8-2-3-10(13)9(12)6-8/h2-3,6-7H,4H2,1H3,(H,15,16). The van der Waals surface area contributed by atoms with Gasteiger partial charge >= 0.3 is 0 Å². The van der Waals surface area contributed by atoms with Gasteiger partial charge in [0.15, 0.2) is 0 Å². The first-order valence-corrected chi connectivity index (χ1v) is 5.05. The summed E-state index contributed by atoms with van der Waals surface area (Å²) in [6, 6.07) is 5.82. The Labute approximate surface area is 97.8 Å². The van der Waals surface area contributed by atoms with Gasteiger partial charge in [0.25, 0.3) is 0 Å². The number of nitriles is 1. The van der Waals surface area contributed by atoms with Crippen molar-refractivity contribution in [2.75, 3.05) is 5.32 Å². The van der Waals surface area contributed by atoms with Gasteiger partial charge in [-0.3, -0.25) is 4.79 Å². The Hall–Kier alpha value is -1.60. The third-order valence-electron chi connectivity index (χ3n) is 2.03. The average molecular weight is 241 g/mol. The van der Waals surface area contributed by atoms with Crippen LogP contribution in [-0.4, -0.2) is 5.91 Å². The van der Waals surface area contributed by atoms with Crippen LogP contribution >= 0.6 is 11.6 Å². The van der Waals surface area contributed by atoms with Crippen LogP contribution in [0.1, 0.15) is 13.3 Å². The zero-order chi connectivity index (χ0) is 12.1. The molecule has 1 rings (SSSR count). The molecule has 0 aliphatic carbocycles. The van der Waals surface area contributed by atoms with Crippen molar-refractivity contribution in [3.63, 3.8) is 0 Å². The van der Waals surface area contributed by atoms with Crippen molar-refractivity contribution in [2.45, 2.75) is 13.3 Å². The molecule has 0 radical (unpaired) electrons. The molecule has 1 unspecified atom stereocenters. The summed E-state index contributed by atoms with van der Waals surface area (Å²) in [5, 5.41) is 10.9. The van der Waals surface area contributed by atoms with Crippen LogP contribution in [0.25, 0.3) is 0 Å². The molecule has 0 bridgehead atoms. The Morgan fingerprint density at radius 3 is 2.94 bits per heavy atom. The maximum atomic E-state index is 12.8. The lowest BCUT2D eigenvalue weighted by atomic mass is 10.1. The second-order valence-electron chi connectivity index (χ2n) is 3.38. The minimum atomic E-state index is -0.537. The Bertz CT molecular complexity index is 442. The van der Waals surface area contributed by atoms with Crippen LogP contribution in [0.15, 0.2) is 18.2 Å². The summed E-state index contributed by atoms with van der Waals surface area (Å²) in [6.45, 7) is 1.64. The first kappa shape index (κ1) is 12.5. The van der Waals surface area contributed by atoms with Crippen molar-refractivity contribution in [2.24, 2.45) is 5.92 Å². The quantitative estimate of drug-likeness (QED) is 0.883. The highest BCUT2D eigenvalue weighted by molar-refractivity contribution is 6.31. The van der Waals surface area contributed by atoms with Crippen LogP contribution in [0.3, 0.4) is 0 Å². The van der Waals surface area contributed by atoms with Crippen LogP contribution in [-0.2, 0) is 4.79 Å². The van der Waals surface area contributed by atoms with Gasteiger partial charge in [-0.15, -0.1) is 0 Å². The molecule has 1 N–H and O–H groups in total. The van der Waals surface area contributed by atoms with E-state index in [0.717, 1.165) is 0 Å². The zero-order valence-electron chi connectivity index (χ0n) is 8.63. The fraction of sp³-hybridized carbons (Fsp3) is 0.273. The maximum absolute atomic E-state index is 12.8. The number of amides is 1. The van der Waals surface area contributed by atoms with E-state index in [1.807, 2.05) is 6.07 Å². The molecule has 0 saturated heterocycles. The van der Waals surface area contributed by atoms with Gasteiger partial charge in [-0.25, -0.2) is 4.39 Å². The Kier molecular flexibility index (Phi) is 4.27. The third kappa shape index (κ3) is 3.21. The minimum Gasteiger partial charge on any atom is -0.326 e. The molecule has 0 aromatic heterocycles. The van der Waals surface area contributed by atoms with Crippen LogP contribution in [0, 0.1) is 23.1 Å². The second-order valence-corrected chi connectivity index (χ2v) is 3.79. The number of anilines is 1. The van der Waals surface area contributed by atoms with Crippen molar-refractivity contribution in [3.8, 4) is 6.07 Å². The normalized spacial score (nSPS) is 11.6. The van der Waals surface area contributed by atoms with E-state index in [1.165, 1.54) is 18.2 Å². The number of carbonyl (C=O) groups excluding carboxylic acids is 1. The molecule has 16 heavy (non-hydrogen) atoms. The lowest BCUT2D eigenvalue weighted by Crippen LogP contribution is -2.19. The molecule has 0 fully saturated rings. The SMILES string of the molecule is CC(CC#N)C(=O)Nc1ccc(F)c(Cl)c1. The highest BCUT2D eigenvalue weighted by Crippen LogP contribution is 2.20. The lowest BCUT2D eigenvalue weighted by Gasteiger charge is -2.09. The second kappa shape index (κ2) is 5.47. The van der Waals surface area contributed by atoms with Gasteiger partial charge in [-0.1, -0.05) is 18.5 Å². The van der Waals surface area contributed by atoms with E-state index in [2.05, 4.69) is 5.32 Å². The number of carbonyl (C=O) groups is 1. The Morgan fingerprint density at radius 1 is 1.69 bits per heavy atom. The van der Waals surface area contributed by atoms with Crippen LogP contribution in [0.2, 0.25) is 5.02 Å². The van der Waals surface area contributed by atoms with E-state index in [9.17, 15) is 9.18 Å². The van der Waals surface area contributed by atoms with Gasteiger partial charge in [-0.05, 0) is 18.2 Å². The molecular formula is C11H10ClFN2O. The van der Waals surface area contributed by atoms with E-state index in [0.29, 0.717) is 5.69 Å². The van der Waals surface area contributed by atoms with Gasteiger partial charge in [-0.2, -0.15) is 5.26 Å². The van der Waals surface area contributed by atoms with Crippen LogP contribution in [0.4, 0.5) is 10.1 Å². The zero-order valence-corrected chi connectivity index (χ0v) is 9.38.